The zero-order chi connectivity index (χ0) is 17.2. The van der Waals surface area contributed by atoms with Crippen LogP contribution in [0.1, 0.15) is 11.1 Å². The molecular weight excluding hydrogens is 329 g/mol. The zero-order valence-electron chi connectivity index (χ0n) is 13.2. The fourth-order valence-corrected chi connectivity index (χ4v) is 3.82. The monoisotopic (exact) mass is 347 g/mol. The van der Waals surface area contributed by atoms with Gasteiger partial charge in [-0.05, 0) is 36.9 Å². The van der Waals surface area contributed by atoms with Gasteiger partial charge in [-0.1, -0.05) is 24.3 Å². The highest BCUT2D eigenvalue weighted by molar-refractivity contribution is 7.90. The van der Waals surface area contributed by atoms with E-state index in [-0.39, 0.29) is 10.7 Å². The highest BCUT2D eigenvalue weighted by atomic mass is 32.2. The minimum absolute atomic E-state index is 0.250. The van der Waals surface area contributed by atoms with Gasteiger partial charge in [-0.2, -0.15) is 0 Å². The summed E-state index contributed by atoms with van der Waals surface area (Å²) in [6.07, 6.45) is 0. The van der Waals surface area contributed by atoms with Crippen molar-refractivity contribution in [3.63, 3.8) is 0 Å². The van der Waals surface area contributed by atoms with Crippen LogP contribution in [0, 0.1) is 5.82 Å². The lowest BCUT2D eigenvalue weighted by molar-refractivity contribution is 0.336. The second-order valence-electron chi connectivity index (χ2n) is 5.70. The number of sulfonamides is 1. The Morgan fingerprint density at radius 3 is 2.58 bits per heavy atom. The van der Waals surface area contributed by atoms with E-state index in [1.54, 1.807) is 36.4 Å². The Bertz CT molecular complexity index is 864. The van der Waals surface area contributed by atoms with Crippen LogP contribution in [-0.2, 0) is 16.6 Å². The molecule has 0 amide bonds. The fraction of sp³-hybridized carbons (Fsp3) is 0.235. The van der Waals surface area contributed by atoms with Gasteiger partial charge >= 0.3 is 0 Å². The van der Waals surface area contributed by atoms with Gasteiger partial charge in [-0.3, -0.25) is 9.71 Å². The molecule has 5 nitrogen and oxygen atoms in total. The molecule has 0 aromatic heterocycles. The number of nitrogens with zero attached hydrogens (tertiary/aromatic N) is 2. The first-order chi connectivity index (χ1) is 11.5. The van der Waals surface area contributed by atoms with E-state index in [9.17, 15) is 12.8 Å². The van der Waals surface area contributed by atoms with Crippen LogP contribution < -0.4 is 4.72 Å². The Balaban J connectivity index is 1.62. The summed E-state index contributed by atoms with van der Waals surface area (Å²) in [5.74, 6) is 0.140. The van der Waals surface area contributed by atoms with Crippen LogP contribution in [0.2, 0.25) is 0 Å². The smallest absolute Gasteiger partial charge is 0.263 e. The molecule has 3 rings (SSSR count). The summed E-state index contributed by atoms with van der Waals surface area (Å²) in [4.78, 5) is 6.70. The minimum atomic E-state index is -3.49. The maximum absolute atomic E-state index is 12.9. The Labute approximate surface area is 140 Å². The Kier molecular flexibility index (Phi) is 4.64. The maximum Gasteiger partial charge on any atom is 0.263 e. The number of hydrogen-bond acceptors (Lipinski definition) is 4. The van der Waals surface area contributed by atoms with Crippen LogP contribution in [0.3, 0.4) is 0 Å². The summed E-state index contributed by atoms with van der Waals surface area (Å²) in [7, 11) is -1.55. The molecule has 0 aliphatic carbocycles. The Morgan fingerprint density at radius 1 is 1.12 bits per heavy atom. The summed E-state index contributed by atoms with van der Waals surface area (Å²) in [5, 5.41) is 0. The second kappa shape index (κ2) is 6.70. The summed E-state index contributed by atoms with van der Waals surface area (Å²) in [6.45, 7) is 1.79. The fourth-order valence-electron chi connectivity index (χ4n) is 2.56. The third-order valence-electron chi connectivity index (χ3n) is 3.78. The number of amidine groups is 1. The van der Waals surface area contributed by atoms with Crippen molar-refractivity contribution >= 4 is 15.9 Å². The van der Waals surface area contributed by atoms with Gasteiger partial charge in [0.2, 0.25) is 0 Å². The van der Waals surface area contributed by atoms with Crippen molar-refractivity contribution in [2.24, 2.45) is 4.99 Å². The van der Waals surface area contributed by atoms with Crippen molar-refractivity contribution in [3.05, 3.63) is 65.5 Å². The van der Waals surface area contributed by atoms with Crippen molar-refractivity contribution in [1.82, 2.24) is 9.62 Å². The van der Waals surface area contributed by atoms with Gasteiger partial charge in [0.05, 0.1) is 11.4 Å². The SMILES string of the molecule is CN(CCN=C1NS(=O)(=O)c2ccccc21)Cc1ccc(F)cc1. The molecule has 1 aliphatic heterocycles. The normalized spacial score (nSPS) is 17.0. The molecule has 1 aliphatic rings. The van der Waals surface area contributed by atoms with Crippen LogP contribution >= 0.6 is 0 Å². The van der Waals surface area contributed by atoms with Gasteiger partial charge in [0.1, 0.15) is 11.7 Å². The van der Waals surface area contributed by atoms with E-state index in [0.717, 1.165) is 5.56 Å². The number of rotatable bonds is 5. The predicted molar refractivity (Wildman–Crippen MR) is 90.9 cm³/mol. The average molecular weight is 347 g/mol. The molecule has 0 unspecified atom stereocenters. The van der Waals surface area contributed by atoms with Crippen LogP contribution in [0.15, 0.2) is 58.4 Å². The van der Waals surface area contributed by atoms with E-state index in [0.29, 0.717) is 31.0 Å². The topological polar surface area (TPSA) is 61.8 Å². The molecular formula is C17H18FN3O2S. The standard InChI is InChI=1S/C17H18FN3O2S/c1-21(12-13-6-8-14(18)9-7-13)11-10-19-17-15-4-2-3-5-16(15)24(22,23)20-17/h2-9H,10-12H2,1H3,(H,19,20). The van der Waals surface area contributed by atoms with E-state index in [1.807, 2.05) is 11.9 Å². The molecule has 7 heteroatoms. The van der Waals surface area contributed by atoms with Crippen LogP contribution in [0.5, 0.6) is 0 Å². The second-order valence-corrected chi connectivity index (χ2v) is 7.35. The molecule has 0 saturated heterocycles. The van der Waals surface area contributed by atoms with Crippen LogP contribution in [-0.4, -0.2) is 39.3 Å². The highest BCUT2D eigenvalue weighted by Gasteiger charge is 2.29. The molecule has 1 N–H and O–H groups in total. The van der Waals surface area contributed by atoms with Crippen molar-refractivity contribution in [2.75, 3.05) is 20.1 Å². The molecule has 0 fully saturated rings. The molecule has 24 heavy (non-hydrogen) atoms. The van der Waals surface area contributed by atoms with Gasteiger partial charge in [0.15, 0.2) is 0 Å². The summed E-state index contributed by atoms with van der Waals surface area (Å²) in [6, 6.07) is 13.2. The first-order valence-corrected chi connectivity index (χ1v) is 9.04. The van der Waals surface area contributed by atoms with Crippen LogP contribution in [0.4, 0.5) is 4.39 Å². The maximum atomic E-state index is 12.9. The predicted octanol–water partition coefficient (Wildman–Crippen LogP) is 2.00. The molecule has 2 aromatic rings. The Hall–Kier alpha value is -2.25. The van der Waals surface area contributed by atoms with E-state index in [4.69, 9.17) is 0 Å². The molecule has 0 spiro atoms. The van der Waals surface area contributed by atoms with Crippen molar-refractivity contribution < 1.29 is 12.8 Å². The quantitative estimate of drug-likeness (QED) is 0.900. The summed E-state index contributed by atoms with van der Waals surface area (Å²) in [5.41, 5.74) is 1.62. The van der Waals surface area contributed by atoms with Gasteiger partial charge in [0, 0.05) is 18.7 Å². The number of nitrogens with one attached hydrogen (secondary N) is 1. The van der Waals surface area contributed by atoms with Gasteiger partial charge in [0.25, 0.3) is 10.0 Å². The summed E-state index contributed by atoms with van der Waals surface area (Å²) >= 11 is 0. The number of aliphatic imine (C=N–C) groups is 1. The van der Waals surface area contributed by atoms with Crippen molar-refractivity contribution in [1.29, 1.82) is 0 Å². The van der Waals surface area contributed by atoms with Crippen molar-refractivity contribution in [3.8, 4) is 0 Å². The molecule has 0 bridgehead atoms. The van der Waals surface area contributed by atoms with E-state index >= 15 is 0 Å². The number of fused-ring (bicyclic) bond motifs is 1. The Morgan fingerprint density at radius 2 is 1.83 bits per heavy atom. The zero-order valence-corrected chi connectivity index (χ0v) is 14.1. The first-order valence-electron chi connectivity index (χ1n) is 7.55. The largest absolute Gasteiger partial charge is 0.300 e. The third-order valence-corrected chi connectivity index (χ3v) is 5.18. The lowest BCUT2D eigenvalue weighted by atomic mass is 10.2. The van der Waals surface area contributed by atoms with Gasteiger partial charge in [-0.15, -0.1) is 0 Å². The lowest BCUT2D eigenvalue weighted by Crippen LogP contribution is -2.25. The number of benzene rings is 2. The van der Waals surface area contributed by atoms with Crippen LogP contribution in [0.25, 0.3) is 0 Å². The molecule has 1 heterocycles. The van der Waals surface area contributed by atoms with E-state index in [2.05, 4.69) is 9.71 Å². The third kappa shape index (κ3) is 3.63. The lowest BCUT2D eigenvalue weighted by Gasteiger charge is -2.15. The average Bonchev–Trinajstić information content (AvgIpc) is 2.81. The van der Waals surface area contributed by atoms with Crippen molar-refractivity contribution in [2.45, 2.75) is 11.4 Å². The molecule has 0 saturated carbocycles. The number of hydrogen-bond donors (Lipinski definition) is 1. The highest BCUT2D eigenvalue weighted by Crippen LogP contribution is 2.22. The van der Waals surface area contributed by atoms with E-state index in [1.165, 1.54) is 12.1 Å². The minimum Gasteiger partial charge on any atom is -0.300 e. The molecule has 126 valence electrons. The number of likely N-dealkylation sites (N-methyl/N-ethyl adjacent to an activating group) is 1. The molecule has 0 atom stereocenters. The van der Waals surface area contributed by atoms with E-state index < -0.39 is 10.0 Å². The number of halogens is 1. The summed E-state index contributed by atoms with van der Waals surface area (Å²) < 4.78 is 39.4. The van der Waals surface area contributed by atoms with Gasteiger partial charge in [-0.25, -0.2) is 12.8 Å². The van der Waals surface area contributed by atoms with Gasteiger partial charge < -0.3 is 4.90 Å². The first kappa shape index (κ1) is 16.6. The molecule has 0 radical (unpaired) electrons. The molecule has 2 aromatic carbocycles.